The highest BCUT2D eigenvalue weighted by Crippen LogP contribution is 2.48. The van der Waals surface area contributed by atoms with Crippen LogP contribution < -0.4 is 5.32 Å². The van der Waals surface area contributed by atoms with Crippen LogP contribution in [0.5, 0.6) is 0 Å². The van der Waals surface area contributed by atoms with E-state index in [1.54, 1.807) is 6.92 Å². The number of carbonyl (C=O) groups is 1. The summed E-state index contributed by atoms with van der Waals surface area (Å²) < 4.78 is 38.3. The predicted molar refractivity (Wildman–Crippen MR) is 129 cm³/mol. The Labute approximate surface area is 213 Å². The highest BCUT2D eigenvalue weighted by molar-refractivity contribution is 7.99. The van der Waals surface area contributed by atoms with E-state index in [0.717, 1.165) is 31.1 Å². The van der Waals surface area contributed by atoms with Crippen LogP contribution in [0.3, 0.4) is 0 Å². The van der Waals surface area contributed by atoms with Gasteiger partial charge in [-0.25, -0.2) is 9.13 Å². The molecule has 2 heterocycles. The lowest BCUT2D eigenvalue weighted by Gasteiger charge is -2.46. The minimum atomic E-state index is -5.24. The molecular formula is C18H35ClN2O11P2S. The van der Waals surface area contributed by atoms with Gasteiger partial charge in [-0.05, 0) is 39.0 Å². The van der Waals surface area contributed by atoms with Crippen molar-refractivity contribution in [3.05, 3.63) is 0 Å². The largest absolute Gasteiger partial charge is 0.470 e. The van der Waals surface area contributed by atoms with Gasteiger partial charge in [0, 0.05) is 6.54 Å². The molecule has 2 rings (SSSR count). The summed E-state index contributed by atoms with van der Waals surface area (Å²) in [5, 5.41) is 13.0. The zero-order valence-electron chi connectivity index (χ0n) is 19.8. The van der Waals surface area contributed by atoms with E-state index >= 15 is 0 Å². The average molecular weight is 585 g/mol. The summed E-state index contributed by atoms with van der Waals surface area (Å²) >= 11 is 7.26. The molecule has 1 amide bonds. The molecule has 2 saturated heterocycles. The third-order valence-corrected chi connectivity index (χ3v) is 8.25. The number of aliphatic hydroxyl groups is 1. The number of aliphatic hydroxyl groups excluding tert-OH is 1. The van der Waals surface area contributed by atoms with Crippen molar-refractivity contribution in [2.75, 3.05) is 19.8 Å². The van der Waals surface area contributed by atoms with Crippen LogP contribution in [0.1, 0.15) is 33.1 Å². The van der Waals surface area contributed by atoms with Gasteiger partial charge < -0.3 is 34.7 Å². The topological polar surface area (TPSA) is 195 Å². The van der Waals surface area contributed by atoms with Crippen LogP contribution in [0, 0.1) is 5.92 Å². The molecule has 0 unspecified atom stereocenters. The molecule has 206 valence electrons. The first-order valence-electron chi connectivity index (χ1n) is 11.1. The van der Waals surface area contributed by atoms with Crippen LogP contribution in [-0.2, 0) is 27.7 Å². The molecule has 17 heteroatoms. The predicted octanol–water partition coefficient (Wildman–Crippen LogP) is 0.623. The highest BCUT2D eigenvalue weighted by atomic mass is 35.5. The van der Waals surface area contributed by atoms with Gasteiger partial charge in [0.25, 0.3) is 0 Å². The van der Waals surface area contributed by atoms with E-state index in [1.807, 2.05) is 11.9 Å². The quantitative estimate of drug-likeness (QED) is 0.146. The number of likely N-dealkylation sites (tertiary alicyclic amines) is 1. The molecule has 0 saturated carbocycles. The Morgan fingerprint density at radius 1 is 1.23 bits per heavy atom. The molecule has 0 aromatic carbocycles. The number of alkyl halides is 1. The highest BCUT2D eigenvalue weighted by Gasteiger charge is 2.54. The number of carbonyl (C=O) groups excluding carboxylic acids is 1. The summed E-state index contributed by atoms with van der Waals surface area (Å²) in [5.74, 6) is 0.0118. The molecule has 0 spiro atoms. The van der Waals surface area contributed by atoms with Crippen LogP contribution in [0.15, 0.2) is 0 Å². The number of phosphoric acid groups is 2. The smallest absolute Gasteiger partial charge is 0.387 e. The number of nitrogens with zero attached hydrogens (tertiary/aromatic N) is 1. The van der Waals surface area contributed by atoms with Crippen molar-refractivity contribution < 1.29 is 52.4 Å². The van der Waals surface area contributed by atoms with Crippen molar-refractivity contribution in [3.8, 4) is 0 Å². The minimum Gasteiger partial charge on any atom is -0.387 e. The van der Waals surface area contributed by atoms with Gasteiger partial charge >= 0.3 is 15.6 Å². The van der Waals surface area contributed by atoms with E-state index < -0.39 is 63.0 Å². The van der Waals surface area contributed by atoms with Crippen molar-refractivity contribution in [1.82, 2.24) is 10.2 Å². The maximum absolute atomic E-state index is 13.1. The van der Waals surface area contributed by atoms with E-state index in [0.29, 0.717) is 12.3 Å². The van der Waals surface area contributed by atoms with Crippen molar-refractivity contribution in [1.29, 1.82) is 0 Å². The molecule has 6 N–H and O–H groups in total. The third kappa shape index (κ3) is 8.88. The molecule has 0 aromatic rings. The number of hydrogen-bond donors (Lipinski definition) is 6. The SMILES string of the molecule is CCC[C@@H]1C[C@@H](C(=O)N[C@@H]([C@H]2O[C@H](SC)[C@H](OP(=O)(O)O)[C@@H](OP(=O)(O)O)[C@H]2O)[C@H](C)Cl)N(C)C1. The molecule has 0 radical (unpaired) electrons. The maximum atomic E-state index is 13.1. The summed E-state index contributed by atoms with van der Waals surface area (Å²) in [7, 11) is -8.58. The van der Waals surface area contributed by atoms with Gasteiger partial charge in [0.15, 0.2) is 0 Å². The van der Waals surface area contributed by atoms with Gasteiger partial charge in [0.2, 0.25) is 5.91 Å². The van der Waals surface area contributed by atoms with E-state index in [1.165, 1.54) is 6.26 Å². The monoisotopic (exact) mass is 584 g/mol. The number of amides is 1. The lowest BCUT2D eigenvalue weighted by atomic mass is 9.92. The number of likely N-dealkylation sites (N-methyl/N-ethyl adjacent to an activating group) is 1. The zero-order chi connectivity index (χ0) is 26.7. The van der Waals surface area contributed by atoms with Gasteiger partial charge in [0.05, 0.1) is 17.5 Å². The molecule has 2 aliphatic heterocycles. The maximum Gasteiger partial charge on any atom is 0.470 e. The fourth-order valence-electron chi connectivity index (χ4n) is 4.63. The number of rotatable bonds is 11. The molecule has 0 aliphatic carbocycles. The summed E-state index contributed by atoms with van der Waals surface area (Å²) in [5.41, 5.74) is -1.23. The Morgan fingerprint density at radius 2 is 1.80 bits per heavy atom. The number of nitrogens with one attached hydrogen (secondary N) is 1. The van der Waals surface area contributed by atoms with E-state index in [4.69, 9.17) is 20.9 Å². The number of phosphoric ester groups is 2. The molecule has 9 atom stereocenters. The van der Waals surface area contributed by atoms with Crippen LogP contribution in [0.4, 0.5) is 0 Å². The molecule has 2 fully saturated rings. The second-order valence-corrected chi connectivity index (χ2v) is 12.9. The van der Waals surface area contributed by atoms with Crippen molar-refractivity contribution >= 4 is 44.9 Å². The van der Waals surface area contributed by atoms with Crippen molar-refractivity contribution in [2.24, 2.45) is 5.92 Å². The van der Waals surface area contributed by atoms with Gasteiger partial charge in [-0.1, -0.05) is 13.3 Å². The van der Waals surface area contributed by atoms with Gasteiger partial charge in [-0.3, -0.25) is 18.7 Å². The van der Waals surface area contributed by atoms with Gasteiger partial charge in [0.1, 0.15) is 29.9 Å². The number of hydrogen-bond acceptors (Lipinski definition) is 9. The molecule has 35 heavy (non-hydrogen) atoms. The van der Waals surface area contributed by atoms with Crippen LogP contribution in [-0.4, -0.2) is 103 Å². The summed E-state index contributed by atoms with van der Waals surface area (Å²) in [6, 6.07) is -1.47. The molecular weight excluding hydrogens is 550 g/mol. The van der Waals surface area contributed by atoms with E-state index in [9.17, 15) is 38.6 Å². The Bertz CT molecular complexity index is 815. The zero-order valence-corrected chi connectivity index (χ0v) is 23.2. The second-order valence-electron chi connectivity index (χ2n) is 8.87. The average Bonchev–Trinajstić information content (AvgIpc) is 3.08. The number of ether oxygens (including phenoxy) is 1. The fraction of sp³-hybridized carbons (Fsp3) is 0.944. The third-order valence-electron chi connectivity index (χ3n) is 6.10. The number of halogens is 1. The lowest BCUT2D eigenvalue weighted by molar-refractivity contribution is -0.197. The first-order chi connectivity index (χ1) is 16.1. The van der Waals surface area contributed by atoms with Crippen LogP contribution in [0.25, 0.3) is 0 Å². The van der Waals surface area contributed by atoms with E-state index in [-0.39, 0.29) is 5.91 Å². The van der Waals surface area contributed by atoms with Crippen LogP contribution >= 0.6 is 39.0 Å². The van der Waals surface area contributed by atoms with Gasteiger partial charge in [-0.2, -0.15) is 0 Å². The van der Waals surface area contributed by atoms with Crippen LogP contribution in [0.2, 0.25) is 0 Å². The Morgan fingerprint density at radius 3 is 2.29 bits per heavy atom. The summed E-state index contributed by atoms with van der Waals surface area (Å²) in [6.07, 6.45) is -2.75. The van der Waals surface area contributed by atoms with Crippen molar-refractivity contribution in [2.45, 2.75) is 80.4 Å². The minimum absolute atomic E-state index is 0.346. The first kappa shape index (κ1) is 31.4. The number of thioether (sulfide) groups is 1. The Kier molecular flexibility index (Phi) is 11.5. The van der Waals surface area contributed by atoms with Gasteiger partial charge in [-0.15, -0.1) is 23.4 Å². The fourth-order valence-corrected chi connectivity index (χ4v) is 6.75. The Balaban J connectivity index is 2.31. The molecule has 2 aliphatic rings. The van der Waals surface area contributed by atoms with Crippen molar-refractivity contribution in [3.63, 3.8) is 0 Å². The molecule has 0 bridgehead atoms. The standard InChI is InChI=1S/C18H35ClN2O11P2S/c1-5-6-10-7-11(21(3)8-10)17(23)20-12(9(2)19)14-13(22)15(31-33(24,25)26)16(18(30-14)35-4)32-34(27,28)29/h9-16,18,22H,5-8H2,1-4H3,(H,20,23)(H2,24,25,26)(H2,27,28,29)/t9-,10+,11-,12+,13-,14+,15-,16+,18+/m0/s1. The summed E-state index contributed by atoms with van der Waals surface area (Å²) in [6.45, 7) is 4.37. The lowest BCUT2D eigenvalue weighted by Crippen LogP contribution is -2.65. The first-order valence-corrected chi connectivity index (χ1v) is 15.8. The molecule has 0 aromatic heterocycles. The van der Waals surface area contributed by atoms with E-state index in [2.05, 4.69) is 16.8 Å². The molecule has 13 nitrogen and oxygen atoms in total. The normalized spacial score (nSPS) is 34.5. The Hall–Kier alpha value is 0.210. The second kappa shape index (κ2) is 12.8. The summed E-state index contributed by atoms with van der Waals surface area (Å²) in [4.78, 5) is 52.4.